The van der Waals surface area contributed by atoms with Crippen LogP contribution in [0.25, 0.3) is 6.08 Å². The molecule has 1 unspecified atom stereocenters. The van der Waals surface area contributed by atoms with Gasteiger partial charge in [0.25, 0.3) is 11.8 Å². The summed E-state index contributed by atoms with van der Waals surface area (Å²) >= 11 is 1.38. The van der Waals surface area contributed by atoms with Gasteiger partial charge >= 0.3 is 0 Å². The Morgan fingerprint density at radius 1 is 0.702 bits per heavy atom. The molecule has 0 fully saturated rings. The molecule has 8 heteroatoms. The van der Waals surface area contributed by atoms with Gasteiger partial charge in [0.05, 0.1) is 7.11 Å². The van der Waals surface area contributed by atoms with E-state index in [0.717, 1.165) is 27.3 Å². The molecule has 0 aromatic heterocycles. The fourth-order valence-electron chi connectivity index (χ4n) is 4.72. The molecule has 0 aliphatic carbocycles. The molecule has 47 heavy (non-hydrogen) atoms. The van der Waals surface area contributed by atoms with Gasteiger partial charge in [0, 0.05) is 21.8 Å². The van der Waals surface area contributed by atoms with E-state index in [1.54, 1.807) is 67.8 Å². The molecule has 0 bridgehead atoms. The minimum Gasteiger partial charge on any atom is -0.497 e. The van der Waals surface area contributed by atoms with Gasteiger partial charge in [-0.1, -0.05) is 72.8 Å². The molecule has 5 aromatic carbocycles. The van der Waals surface area contributed by atoms with E-state index in [9.17, 15) is 14.4 Å². The summed E-state index contributed by atoms with van der Waals surface area (Å²) in [6, 6.07) is 38.6. The van der Waals surface area contributed by atoms with Gasteiger partial charge in [-0.3, -0.25) is 14.4 Å². The van der Waals surface area contributed by atoms with Crippen LogP contribution in [0, 0.1) is 13.8 Å². The van der Waals surface area contributed by atoms with Crippen molar-refractivity contribution in [2.24, 2.45) is 0 Å². The monoisotopic (exact) mass is 641 g/mol. The number of carbonyl (C=O) groups is 3. The zero-order valence-electron chi connectivity index (χ0n) is 26.3. The van der Waals surface area contributed by atoms with Gasteiger partial charge in [-0.25, -0.2) is 0 Å². The molecule has 3 N–H and O–H groups in total. The molecular formula is C39H35N3O4S. The first-order valence-corrected chi connectivity index (χ1v) is 15.9. The van der Waals surface area contributed by atoms with E-state index in [1.165, 1.54) is 11.8 Å². The average Bonchev–Trinajstić information content (AvgIpc) is 3.09. The molecule has 1 atom stereocenters. The summed E-state index contributed by atoms with van der Waals surface area (Å²) in [7, 11) is 1.58. The second-order valence-electron chi connectivity index (χ2n) is 10.8. The first kappa shape index (κ1) is 32.8. The first-order chi connectivity index (χ1) is 22.8. The number of thioether (sulfide) groups is 1. The summed E-state index contributed by atoms with van der Waals surface area (Å²) in [5, 5.41) is 8.19. The van der Waals surface area contributed by atoms with Crippen LogP contribution in [0.4, 0.5) is 11.4 Å². The molecule has 7 nitrogen and oxygen atoms in total. The van der Waals surface area contributed by atoms with Crippen molar-refractivity contribution in [3.63, 3.8) is 0 Å². The highest BCUT2D eigenvalue weighted by Crippen LogP contribution is 2.37. The Morgan fingerprint density at radius 3 is 2.06 bits per heavy atom. The molecule has 236 valence electrons. The molecule has 0 saturated carbocycles. The molecule has 0 heterocycles. The van der Waals surface area contributed by atoms with Crippen LogP contribution in [0.2, 0.25) is 0 Å². The summed E-state index contributed by atoms with van der Waals surface area (Å²) in [6.07, 6.45) is 1.61. The third-order valence-electron chi connectivity index (χ3n) is 7.42. The highest BCUT2D eigenvalue weighted by atomic mass is 32.2. The Bertz CT molecular complexity index is 1890. The topological polar surface area (TPSA) is 96.5 Å². The van der Waals surface area contributed by atoms with Crippen LogP contribution in [-0.2, 0) is 9.59 Å². The number of hydrogen-bond acceptors (Lipinski definition) is 5. The number of amides is 3. The zero-order valence-corrected chi connectivity index (χ0v) is 27.1. The van der Waals surface area contributed by atoms with E-state index in [2.05, 4.69) is 16.0 Å². The van der Waals surface area contributed by atoms with Crippen molar-refractivity contribution in [1.82, 2.24) is 5.32 Å². The smallest absolute Gasteiger partial charge is 0.272 e. The van der Waals surface area contributed by atoms with E-state index < -0.39 is 17.1 Å². The SMILES string of the molecule is COc1ccc(/C=C(/NC(=O)c2ccccc2)C(=O)Nc2cccc(SC(C(=O)Nc3ccc(C)c(C)c3)c3ccccc3)c2)cc1. The van der Waals surface area contributed by atoms with Crippen LogP contribution in [0.15, 0.2) is 138 Å². The molecule has 0 aliphatic heterocycles. The van der Waals surface area contributed by atoms with Gasteiger partial charge in [0.2, 0.25) is 5.91 Å². The highest BCUT2D eigenvalue weighted by Gasteiger charge is 2.23. The third kappa shape index (κ3) is 8.99. The number of methoxy groups -OCH3 is 1. The van der Waals surface area contributed by atoms with Gasteiger partial charge in [-0.15, -0.1) is 11.8 Å². The minimum atomic E-state index is -0.556. The van der Waals surface area contributed by atoms with Crippen LogP contribution >= 0.6 is 11.8 Å². The standard InChI is InChI=1S/C39H35N3O4S/c1-26-17-20-32(23-27(26)2)41-39(45)36(29-11-6-4-7-12-29)47-34-16-10-15-31(25-34)40-38(44)35(24-28-18-21-33(46-3)22-19-28)42-37(43)30-13-8-5-9-14-30/h4-25,36H,1-3H3,(H,40,44)(H,41,45)(H,42,43)/b35-24+. The number of benzene rings is 5. The summed E-state index contributed by atoms with van der Waals surface area (Å²) in [5.41, 5.74) is 5.52. The van der Waals surface area contributed by atoms with Gasteiger partial charge in [-0.2, -0.15) is 0 Å². The lowest BCUT2D eigenvalue weighted by Crippen LogP contribution is -2.30. The third-order valence-corrected chi connectivity index (χ3v) is 8.66. The number of carbonyl (C=O) groups excluding carboxylic acids is 3. The maximum atomic E-state index is 13.6. The second kappa shape index (κ2) is 15.6. The Morgan fingerprint density at radius 2 is 1.38 bits per heavy atom. The summed E-state index contributed by atoms with van der Waals surface area (Å²) in [4.78, 5) is 41.1. The maximum absolute atomic E-state index is 13.6. The average molecular weight is 642 g/mol. The van der Waals surface area contributed by atoms with Crippen molar-refractivity contribution < 1.29 is 19.1 Å². The zero-order chi connectivity index (χ0) is 33.2. The number of anilines is 2. The molecule has 5 aromatic rings. The van der Waals surface area contributed by atoms with E-state index in [-0.39, 0.29) is 11.6 Å². The minimum absolute atomic E-state index is 0.0667. The van der Waals surface area contributed by atoms with E-state index >= 15 is 0 Å². The molecule has 0 radical (unpaired) electrons. The summed E-state index contributed by atoms with van der Waals surface area (Å²) in [6.45, 7) is 4.04. The van der Waals surface area contributed by atoms with Crippen molar-refractivity contribution in [2.75, 3.05) is 17.7 Å². The largest absolute Gasteiger partial charge is 0.497 e. The number of nitrogens with one attached hydrogen (secondary N) is 3. The maximum Gasteiger partial charge on any atom is 0.272 e. The van der Waals surface area contributed by atoms with Crippen molar-refractivity contribution in [3.05, 3.63) is 161 Å². The Labute approximate surface area is 279 Å². The predicted molar refractivity (Wildman–Crippen MR) is 190 cm³/mol. The first-order valence-electron chi connectivity index (χ1n) is 15.0. The van der Waals surface area contributed by atoms with Gasteiger partial charge in [0.15, 0.2) is 0 Å². The van der Waals surface area contributed by atoms with E-state index in [4.69, 9.17) is 4.74 Å². The summed E-state index contributed by atoms with van der Waals surface area (Å²) in [5.74, 6) is -0.399. The lowest BCUT2D eigenvalue weighted by Gasteiger charge is -2.18. The van der Waals surface area contributed by atoms with Gasteiger partial charge in [-0.05, 0) is 96.8 Å². The molecule has 0 aliphatic rings. The van der Waals surface area contributed by atoms with E-state index in [0.29, 0.717) is 22.6 Å². The number of ether oxygens (including phenoxy) is 1. The van der Waals surface area contributed by atoms with Crippen molar-refractivity contribution in [1.29, 1.82) is 0 Å². The Balaban J connectivity index is 1.37. The lowest BCUT2D eigenvalue weighted by molar-refractivity contribution is -0.116. The predicted octanol–water partition coefficient (Wildman–Crippen LogP) is 8.19. The molecular weight excluding hydrogens is 607 g/mol. The van der Waals surface area contributed by atoms with Crippen LogP contribution in [0.1, 0.15) is 37.9 Å². The number of aryl methyl sites for hydroxylation is 2. The highest BCUT2D eigenvalue weighted by molar-refractivity contribution is 8.00. The fourth-order valence-corrected chi connectivity index (χ4v) is 5.80. The normalized spacial score (nSPS) is 11.7. The number of hydrogen-bond donors (Lipinski definition) is 3. The molecule has 5 rings (SSSR count). The Hall–Kier alpha value is -5.60. The van der Waals surface area contributed by atoms with Gasteiger partial charge in [0.1, 0.15) is 16.7 Å². The van der Waals surface area contributed by atoms with Crippen LogP contribution in [0.5, 0.6) is 5.75 Å². The lowest BCUT2D eigenvalue weighted by atomic mass is 10.1. The van der Waals surface area contributed by atoms with Crippen molar-refractivity contribution in [3.8, 4) is 5.75 Å². The molecule has 3 amide bonds. The molecule has 0 saturated heterocycles. The summed E-state index contributed by atoms with van der Waals surface area (Å²) < 4.78 is 5.25. The quantitative estimate of drug-likeness (QED) is 0.0998. The number of rotatable bonds is 11. The van der Waals surface area contributed by atoms with Crippen LogP contribution in [0.3, 0.4) is 0 Å². The van der Waals surface area contributed by atoms with Gasteiger partial charge < -0.3 is 20.7 Å². The molecule has 0 spiro atoms. The second-order valence-corrected chi connectivity index (χ2v) is 12.0. The van der Waals surface area contributed by atoms with Crippen LogP contribution < -0.4 is 20.7 Å². The Kier molecular flexibility index (Phi) is 10.9. The van der Waals surface area contributed by atoms with Crippen molar-refractivity contribution >= 4 is 46.9 Å². The fraction of sp³-hybridized carbons (Fsp3) is 0.103. The van der Waals surface area contributed by atoms with Crippen molar-refractivity contribution in [2.45, 2.75) is 24.0 Å². The van der Waals surface area contributed by atoms with E-state index in [1.807, 2.05) is 86.6 Å². The van der Waals surface area contributed by atoms with Crippen LogP contribution in [-0.4, -0.2) is 24.8 Å².